The van der Waals surface area contributed by atoms with Crippen LogP contribution in [0.4, 0.5) is 17.1 Å². The maximum absolute atomic E-state index is 2.70. The van der Waals surface area contributed by atoms with Crippen LogP contribution in [0.1, 0.15) is 99.3 Å². The number of fused-ring (bicyclic) bond motifs is 6. The first-order valence-corrected chi connectivity index (χ1v) is 19.6. The van der Waals surface area contributed by atoms with Gasteiger partial charge in [0.1, 0.15) is 0 Å². The standard InChI is InChI=1S/C46H44N2S/c1-2-12-41-34(10-1)11-9-29-47(41)36-24-26-38-37-25-21-33(30-39(37)46(40(38)31-36)27-7-8-28-46)18-17-32-19-22-35(23-20-32)48-42-13-3-5-15-44(42)49-45-16-6-4-14-43(45)48/h3,5-6,13,15-26,30-31H,1-2,4,7-12,14,27-29H2/b18-17+. The molecule has 2 heterocycles. The number of nitrogens with zero attached hydrogens (tertiary/aromatic N) is 2. The van der Waals surface area contributed by atoms with E-state index in [-0.39, 0.29) is 5.41 Å². The molecular formula is C46H44N2S. The largest absolute Gasteiger partial charge is 0.345 e. The highest BCUT2D eigenvalue weighted by Gasteiger charge is 2.45. The molecule has 0 saturated heterocycles. The summed E-state index contributed by atoms with van der Waals surface area (Å²) >= 11 is 1.91. The SMILES string of the molecule is C1=CC2=C(CC1)N(c1ccc(/C=C/c3ccc4c(c3)C3(CCCC3)c3cc(N5CCCC6=C5CCCC6)ccc3-4)cc1)c1ccccc1S2. The summed E-state index contributed by atoms with van der Waals surface area (Å²) in [6.07, 6.45) is 24.5. The van der Waals surface area contributed by atoms with Crippen LogP contribution >= 0.6 is 11.8 Å². The van der Waals surface area contributed by atoms with Gasteiger partial charge in [0, 0.05) is 44.5 Å². The van der Waals surface area contributed by atoms with Crippen LogP contribution in [0, 0.1) is 0 Å². The van der Waals surface area contributed by atoms with Gasteiger partial charge < -0.3 is 9.80 Å². The molecule has 0 unspecified atom stereocenters. The molecule has 49 heavy (non-hydrogen) atoms. The Balaban J connectivity index is 0.945. The smallest absolute Gasteiger partial charge is 0.0598 e. The van der Waals surface area contributed by atoms with Gasteiger partial charge in [0.05, 0.1) is 5.69 Å². The van der Waals surface area contributed by atoms with Gasteiger partial charge in [-0.05, 0) is 134 Å². The zero-order valence-electron chi connectivity index (χ0n) is 28.4. The zero-order valence-corrected chi connectivity index (χ0v) is 29.2. The first-order valence-electron chi connectivity index (χ1n) is 18.8. The number of para-hydroxylation sites is 1. The monoisotopic (exact) mass is 656 g/mol. The van der Waals surface area contributed by atoms with Gasteiger partial charge in [0.15, 0.2) is 0 Å². The highest BCUT2D eigenvalue weighted by molar-refractivity contribution is 8.03. The van der Waals surface area contributed by atoms with Gasteiger partial charge in [0.25, 0.3) is 0 Å². The van der Waals surface area contributed by atoms with Crippen LogP contribution in [-0.4, -0.2) is 6.54 Å². The van der Waals surface area contributed by atoms with E-state index in [0.29, 0.717) is 0 Å². The summed E-state index contributed by atoms with van der Waals surface area (Å²) in [6.45, 7) is 1.17. The van der Waals surface area contributed by atoms with E-state index in [1.54, 1.807) is 22.4 Å². The minimum Gasteiger partial charge on any atom is -0.345 e. The first-order chi connectivity index (χ1) is 24.2. The fourth-order valence-electron chi connectivity index (χ4n) is 9.87. The number of rotatable bonds is 4. The van der Waals surface area contributed by atoms with Crippen molar-refractivity contribution in [3.8, 4) is 11.1 Å². The number of benzene rings is 4. The molecule has 6 aliphatic rings. The Hall–Kier alpha value is -4.21. The summed E-state index contributed by atoms with van der Waals surface area (Å²) < 4.78 is 0. The quantitative estimate of drug-likeness (QED) is 0.202. The molecule has 1 saturated carbocycles. The lowest BCUT2D eigenvalue weighted by Gasteiger charge is -2.37. The van der Waals surface area contributed by atoms with E-state index < -0.39 is 0 Å². The molecule has 0 radical (unpaired) electrons. The van der Waals surface area contributed by atoms with Crippen molar-refractivity contribution in [1.29, 1.82) is 0 Å². The van der Waals surface area contributed by atoms with Gasteiger partial charge in [-0.25, -0.2) is 0 Å². The maximum atomic E-state index is 2.70. The second kappa shape index (κ2) is 12.0. The molecular weight excluding hydrogens is 613 g/mol. The van der Waals surface area contributed by atoms with Gasteiger partial charge in [-0.15, -0.1) is 0 Å². The lowest BCUT2D eigenvalue weighted by atomic mass is 9.76. The second-order valence-corrected chi connectivity index (χ2v) is 16.0. The Morgan fingerprint density at radius 2 is 1.37 bits per heavy atom. The number of hydrogen-bond acceptors (Lipinski definition) is 3. The summed E-state index contributed by atoms with van der Waals surface area (Å²) in [7, 11) is 0. The van der Waals surface area contributed by atoms with Gasteiger partial charge in [0.2, 0.25) is 0 Å². The highest BCUT2D eigenvalue weighted by atomic mass is 32.2. The minimum atomic E-state index is 0.163. The van der Waals surface area contributed by atoms with Gasteiger partial charge in [-0.2, -0.15) is 0 Å². The lowest BCUT2D eigenvalue weighted by Crippen LogP contribution is -2.30. The van der Waals surface area contributed by atoms with Crippen LogP contribution in [0.15, 0.2) is 124 Å². The average molecular weight is 657 g/mol. The van der Waals surface area contributed by atoms with Crippen LogP contribution in [0.25, 0.3) is 23.3 Å². The Kier molecular flexibility index (Phi) is 7.26. The van der Waals surface area contributed by atoms with E-state index in [2.05, 4.69) is 119 Å². The summed E-state index contributed by atoms with van der Waals surface area (Å²) in [4.78, 5) is 7.90. The van der Waals surface area contributed by atoms with Crippen LogP contribution < -0.4 is 9.80 Å². The molecule has 1 fully saturated rings. The molecule has 1 spiro atoms. The molecule has 0 atom stereocenters. The summed E-state index contributed by atoms with van der Waals surface area (Å²) in [5.41, 5.74) is 17.6. The average Bonchev–Trinajstić information content (AvgIpc) is 3.76. The van der Waals surface area contributed by atoms with Crippen molar-refractivity contribution < 1.29 is 0 Å². The van der Waals surface area contributed by atoms with Crippen molar-refractivity contribution in [3.63, 3.8) is 0 Å². The van der Waals surface area contributed by atoms with Gasteiger partial charge in [-0.1, -0.05) is 103 Å². The molecule has 4 aliphatic carbocycles. The number of allylic oxidation sites excluding steroid dienone is 5. The summed E-state index contributed by atoms with van der Waals surface area (Å²) in [5, 5.41) is 0. The highest BCUT2D eigenvalue weighted by Crippen LogP contribution is 2.58. The van der Waals surface area contributed by atoms with E-state index >= 15 is 0 Å². The maximum Gasteiger partial charge on any atom is 0.0598 e. The molecule has 4 aromatic rings. The van der Waals surface area contributed by atoms with Crippen LogP contribution in [0.5, 0.6) is 0 Å². The van der Waals surface area contributed by atoms with Crippen molar-refractivity contribution in [3.05, 3.63) is 141 Å². The summed E-state index contributed by atoms with van der Waals surface area (Å²) in [5.74, 6) is 0. The predicted molar refractivity (Wildman–Crippen MR) is 208 cm³/mol. The van der Waals surface area contributed by atoms with Crippen molar-refractivity contribution in [2.75, 3.05) is 16.3 Å². The molecule has 0 bridgehead atoms. The molecule has 2 nitrogen and oxygen atoms in total. The van der Waals surface area contributed by atoms with Crippen LogP contribution in [0.3, 0.4) is 0 Å². The third kappa shape index (κ3) is 4.91. The minimum absolute atomic E-state index is 0.163. The Morgan fingerprint density at radius 1 is 0.633 bits per heavy atom. The van der Waals surface area contributed by atoms with E-state index in [9.17, 15) is 0 Å². The Bertz CT molecular complexity index is 2080. The second-order valence-electron chi connectivity index (χ2n) is 14.9. The van der Waals surface area contributed by atoms with Crippen LogP contribution in [0.2, 0.25) is 0 Å². The van der Waals surface area contributed by atoms with Crippen molar-refractivity contribution in [2.45, 2.75) is 87.4 Å². The van der Waals surface area contributed by atoms with Crippen molar-refractivity contribution in [2.24, 2.45) is 0 Å². The molecule has 10 rings (SSSR count). The molecule has 0 N–H and O–H groups in total. The van der Waals surface area contributed by atoms with E-state index in [0.717, 1.165) is 12.8 Å². The molecule has 244 valence electrons. The molecule has 0 amide bonds. The van der Waals surface area contributed by atoms with E-state index in [1.807, 2.05) is 11.8 Å². The fraction of sp³-hybridized carbons (Fsp3) is 0.304. The number of hydrogen-bond donors (Lipinski definition) is 0. The summed E-state index contributed by atoms with van der Waals surface area (Å²) in [6, 6.07) is 32.8. The first kappa shape index (κ1) is 29.7. The molecule has 3 heteroatoms. The van der Waals surface area contributed by atoms with E-state index in [1.165, 1.54) is 126 Å². The van der Waals surface area contributed by atoms with Crippen LogP contribution in [-0.2, 0) is 5.41 Å². The normalized spacial score (nSPS) is 20.5. The van der Waals surface area contributed by atoms with Crippen molar-refractivity contribution in [1.82, 2.24) is 0 Å². The van der Waals surface area contributed by atoms with Gasteiger partial charge >= 0.3 is 0 Å². The van der Waals surface area contributed by atoms with E-state index in [4.69, 9.17) is 0 Å². The van der Waals surface area contributed by atoms with Gasteiger partial charge in [-0.3, -0.25) is 0 Å². The number of anilines is 3. The molecule has 4 aromatic carbocycles. The molecule has 0 aromatic heterocycles. The topological polar surface area (TPSA) is 6.48 Å². The van der Waals surface area contributed by atoms with Crippen molar-refractivity contribution >= 4 is 41.0 Å². The lowest BCUT2D eigenvalue weighted by molar-refractivity contribution is 0.548. The Labute approximate surface area is 295 Å². The third-order valence-electron chi connectivity index (χ3n) is 12.2. The Morgan fingerprint density at radius 3 is 2.27 bits per heavy atom. The molecule has 2 aliphatic heterocycles. The predicted octanol–water partition coefficient (Wildman–Crippen LogP) is 12.9. The fourth-order valence-corrected chi connectivity index (χ4v) is 11.0. The number of thioether (sulfide) groups is 1. The third-order valence-corrected chi connectivity index (χ3v) is 13.3. The zero-order chi connectivity index (χ0) is 32.4.